The van der Waals surface area contributed by atoms with Crippen LogP contribution in [0.25, 0.3) is 22.3 Å². The van der Waals surface area contributed by atoms with E-state index in [1.165, 1.54) is 0 Å². The molecule has 0 aliphatic carbocycles. The SMILES string of the molecule is NCCC(=O)O[C@@]1(CCl)C(=O)OCc2c1cc1n(c2=O)Cc2cc3ccccc3nc2-1. The molecule has 0 spiro atoms. The van der Waals surface area contributed by atoms with Gasteiger partial charge in [-0.25, -0.2) is 9.78 Å². The Balaban J connectivity index is 1.73. The zero-order chi connectivity index (χ0) is 21.8. The van der Waals surface area contributed by atoms with Crippen LogP contribution in [-0.4, -0.2) is 33.9 Å². The molecule has 0 bridgehead atoms. The molecule has 5 rings (SSSR count). The van der Waals surface area contributed by atoms with Crippen LogP contribution in [-0.2, 0) is 37.8 Å². The number of para-hydroxylation sites is 1. The van der Waals surface area contributed by atoms with Gasteiger partial charge in [0.15, 0.2) is 0 Å². The topological polar surface area (TPSA) is 114 Å². The molecule has 0 unspecified atom stereocenters. The van der Waals surface area contributed by atoms with Crippen LogP contribution in [0, 0.1) is 0 Å². The van der Waals surface area contributed by atoms with E-state index in [1.807, 2.05) is 30.3 Å². The van der Waals surface area contributed by atoms with Gasteiger partial charge in [-0.1, -0.05) is 18.2 Å². The molecule has 2 aromatic heterocycles. The third-order valence-corrected chi connectivity index (χ3v) is 6.09. The number of hydrogen-bond acceptors (Lipinski definition) is 7. The summed E-state index contributed by atoms with van der Waals surface area (Å²) in [6.45, 7) is 0.186. The predicted octanol–water partition coefficient (Wildman–Crippen LogP) is 1.81. The largest absolute Gasteiger partial charge is 0.457 e. The maximum Gasteiger partial charge on any atom is 0.357 e. The average Bonchev–Trinajstić information content (AvgIpc) is 3.12. The predicted molar refractivity (Wildman–Crippen MR) is 112 cm³/mol. The number of alkyl halides is 1. The highest BCUT2D eigenvalue weighted by molar-refractivity contribution is 6.20. The van der Waals surface area contributed by atoms with E-state index < -0.39 is 23.4 Å². The van der Waals surface area contributed by atoms with Gasteiger partial charge in [-0.15, -0.1) is 11.6 Å². The quantitative estimate of drug-likeness (QED) is 0.381. The molecule has 2 aliphatic heterocycles. The van der Waals surface area contributed by atoms with Gasteiger partial charge in [0, 0.05) is 23.1 Å². The number of benzene rings is 1. The first-order valence-corrected chi connectivity index (χ1v) is 10.3. The Kier molecular flexibility index (Phi) is 4.56. The average molecular weight is 440 g/mol. The first-order valence-electron chi connectivity index (χ1n) is 9.80. The number of rotatable bonds is 4. The number of nitrogens with zero attached hydrogens (tertiary/aromatic N) is 2. The fraction of sp³-hybridized carbons (Fsp3) is 0.273. The van der Waals surface area contributed by atoms with E-state index >= 15 is 0 Å². The number of cyclic esters (lactones) is 1. The first-order chi connectivity index (χ1) is 15.0. The molecule has 2 N–H and O–H groups in total. The summed E-state index contributed by atoms with van der Waals surface area (Å²) in [5, 5.41) is 0.969. The highest BCUT2D eigenvalue weighted by Gasteiger charge is 2.51. The molecular formula is C22H18ClN3O5. The van der Waals surface area contributed by atoms with Crippen LogP contribution >= 0.6 is 11.6 Å². The summed E-state index contributed by atoms with van der Waals surface area (Å²) in [5.74, 6) is -1.90. The summed E-state index contributed by atoms with van der Waals surface area (Å²) in [6.07, 6.45) is -0.0957. The molecule has 8 nitrogen and oxygen atoms in total. The highest BCUT2D eigenvalue weighted by Crippen LogP contribution is 2.40. The second-order valence-corrected chi connectivity index (χ2v) is 7.82. The summed E-state index contributed by atoms with van der Waals surface area (Å²) >= 11 is 6.15. The molecule has 1 aromatic carbocycles. The standard InChI is InChI=1S/C22H18ClN3O5/c23-11-22(31-18(27)5-6-24)15-8-17-19-13(7-12-3-1-2-4-16(12)25-19)9-26(17)20(28)14(15)10-30-21(22)29/h1-4,7-8H,5-6,9-11,24H2/t22-/m1/s1. The first kappa shape index (κ1) is 19.7. The van der Waals surface area contributed by atoms with E-state index in [2.05, 4.69) is 0 Å². The second-order valence-electron chi connectivity index (χ2n) is 7.55. The summed E-state index contributed by atoms with van der Waals surface area (Å²) in [7, 11) is 0. The minimum absolute atomic E-state index is 0.0519. The van der Waals surface area contributed by atoms with Crippen molar-refractivity contribution in [3.05, 3.63) is 63.4 Å². The van der Waals surface area contributed by atoms with Gasteiger partial charge >= 0.3 is 11.9 Å². The Morgan fingerprint density at radius 3 is 2.87 bits per heavy atom. The molecule has 9 heteroatoms. The number of halogens is 1. The number of hydrogen-bond donors (Lipinski definition) is 1. The number of fused-ring (bicyclic) bond motifs is 5. The lowest BCUT2D eigenvalue weighted by molar-refractivity contribution is -0.185. The molecule has 4 heterocycles. The molecular weight excluding hydrogens is 422 g/mol. The van der Waals surface area contributed by atoms with Crippen molar-refractivity contribution in [2.75, 3.05) is 12.4 Å². The lowest BCUT2D eigenvalue weighted by Gasteiger charge is -2.34. The zero-order valence-corrected chi connectivity index (χ0v) is 17.1. The van der Waals surface area contributed by atoms with Crippen LogP contribution in [0.4, 0.5) is 0 Å². The normalized spacial score (nSPS) is 18.8. The third kappa shape index (κ3) is 2.86. The van der Waals surface area contributed by atoms with E-state index in [-0.39, 0.29) is 36.3 Å². The van der Waals surface area contributed by atoms with Crippen molar-refractivity contribution in [2.45, 2.75) is 25.2 Å². The Labute approximate surface area is 181 Å². The number of carbonyl (C=O) groups excluding carboxylic acids is 2. The van der Waals surface area contributed by atoms with Gasteiger partial charge in [-0.2, -0.15) is 0 Å². The van der Waals surface area contributed by atoms with Crippen LogP contribution < -0.4 is 11.3 Å². The van der Waals surface area contributed by atoms with E-state index in [4.69, 9.17) is 31.8 Å². The van der Waals surface area contributed by atoms with E-state index in [0.29, 0.717) is 17.9 Å². The fourth-order valence-electron chi connectivity index (χ4n) is 4.19. The molecule has 0 fully saturated rings. The Hall–Kier alpha value is -3.23. The van der Waals surface area contributed by atoms with Crippen LogP contribution in [0.15, 0.2) is 41.2 Å². The third-order valence-electron chi connectivity index (χ3n) is 5.71. The molecule has 2 aliphatic rings. The van der Waals surface area contributed by atoms with Crippen molar-refractivity contribution < 1.29 is 19.1 Å². The van der Waals surface area contributed by atoms with E-state index in [9.17, 15) is 14.4 Å². The Morgan fingerprint density at radius 1 is 1.29 bits per heavy atom. The van der Waals surface area contributed by atoms with Gasteiger partial charge in [-0.05, 0) is 18.2 Å². The molecule has 158 valence electrons. The van der Waals surface area contributed by atoms with Crippen molar-refractivity contribution >= 4 is 34.4 Å². The van der Waals surface area contributed by atoms with Gasteiger partial charge in [0.1, 0.15) is 6.61 Å². The molecule has 1 atom stereocenters. The highest BCUT2D eigenvalue weighted by atomic mass is 35.5. The zero-order valence-electron chi connectivity index (χ0n) is 16.4. The van der Waals surface area contributed by atoms with Gasteiger partial charge in [0.2, 0.25) is 5.60 Å². The lowest BCUT2D eigenvalue weighted by atomic mass is 9.89. The van der Waals surface area contributed by atoms with E-state index in [0.717, 1.165) is 16.5 Å². The van der Waals surface area contributed by atoms with Crippen molar-refractivity contribution in [3.8, 4) is 11.4 Å². The van der Waals surface area contributed by atoms with Gasteiger partial charge in [0.25, 0.3) is 5.56 Å². The number of ether oxygens (including phenoxy) is 2. The number of nitrogens with two attached hydrogens (primary N) is 1. The van der Waals surface area contributed by atoms with Gasteiger partial charge < -0.3 is 19.8 Å². The van der Waals surface area contributed by atoms with Crippen molar-refractivity contribution in [2.24, 2.45) is 5.73 Å². The molecule has 3 aromatic rings. The minimum Gasteiger partial charge on any atom is -0.457 e. The monoisotopic (exact) mass is 439 g/mol. The fourth-order valence-corrected chi connectivity index (χ4v) is 4.50. The van der Waals surface area contributed by atoms with Crippen molar-refractivity contribution in [1.82, 2.24) is 9.55 Å². The maximum absolute atomic E-state index is 13.3. The molecule has 31 heavy (non-hydrogen) atoms. The van der Waals surface area contributed by atoms with Crippen LogP contribution in [0.3, 0.4) is 0 Å². The maximum atomic E-state index is 13.3. The summed E-state index contributed by atoms with van der Waals surface area (Å²) in [5.41, 5.74) is 6.55. The molecule has 0 saturated carbocycles. The minimum atomic E-state index is -1.91. The molecule has 0 saturated heterocycles. The number of aromatic nitrogens is 2. The molecule has 0 radical (unpaired) electrons. The van der Waals surface area contributed by atoms with Crippen molar-refractivity contribution in [1.29, 1.82) is 0 Å². The summed E-state index contributed by atoms with van der Waals surface area (Å²) in [6, 6.07) is 11.3. The smallest absolute Gasteiger partial charge is 0.357 e. The summed E-state index contributed by atoms with van der Waals surface area (Å²) in [4.78, 5) is 43.0. The Bertz CT molecular complexity index is 1320. The number of esters is 2. The van der Waals surface area contributed by atoms with Crippen LogP contribution in [0.1, 0.15) is 23.1 Å². The van der Waals surface area contributed by atoms with Gasteiger partial charge in [0.05, 0.1) is 41.3 Å². The van der Waals surface area contributed by atoms with Crippen molar-refractivity contribution in [3.63, 3.8) is 0 Å². The van der Waals surface area contributed by atoms with Crippen LogP contribution in [0.5, 0.6) is 0 Å². The van der Waals surface area contributed by atoms with E-state index in [1.54, 1.807) is 10.6 Å². The number of carbonyl (C=O) groups is 2. The Morgan fingerprint density at radius 2 is 2.10 bits per heavy atom. The summed E-state index contributed by atoms with van der Waals surface area (Å²) < 4.78 is 12.3. The lowest BCUT2D eigenvalue weighted by Crippen LogP contribution is -2.49. The van der Waals surface area contributed by atoms with Crippen LogP contribution in [0.2, 0.25) is 0 Å². The number of pyridine rings is 2. The molecule has 0 amide bonds. The second kappa shape index (κ2) is 7.18. The van der Waals surface area contributed by atoms with Gasteiger partial charge in [-0.3, -0.25) is 9.59 Å².